The van der Waals surface area contributed by atoms with E-state index in [9.17, 15) is 4.79 Å². The van der Waals surface area contributed by atoms with Gasteiger partial charge in [-0.3, -0.25) is 4.79 Å². The maximum absolute atomic E-state index is 11.0. The first-order valence-corrected chi connectivity index (χ1v) is 6.95. The fraction of sp³-hybridized carbons (Fsp3) is 0.267. The van der Waals surface area contributed by atoms with E-state index in [2.05, 4.69) is 19.1 Å². The van der Waals surface area contributed by atoms with E-state index in [1.807, 2.05) is 36.0 Å². The van der Waals surface area contributed by atoms with Crippen LogP contribution in [0.25, 0.3) is 10.8 Å². The highest BCUT2D eigenvalue weighted by atomic mass is 32.2. The fourth-order valence-corrected chi connectivity index (χ4v) is 3.00. The first-order valence-electron chi connectivity index (χ1n) is 5.96. The highest BCUT2D eigenvalue weighted by Gasteiger charge is 2.04. The van der Waals surface area contributed by atoms with E-state index in [4.69, 9.17) is 0 Å². The SMILES string of the molecule is CCCCSc1ccc(C=O)c2ccccc12. The lowest BCUT2D eigenvalue weighted by Gasteiger charge is -2.07. The number of benzene rings is 2. The lowest BCUT2D eigenvalue weighted by atomic mass is 10.1. The summed E-state index contributed by atoms with van der Waals surface area (Å²) < 4.78 is 0. The van der Waals surface area contributed by atoms with E-state index in [0.717, 1.165) is 23.0 Å². The van der Waals surface area contributed by atoms with Crippen molar-refractivity contribution in [2.75, 3.05) is 5.75 Å². The van der Waals surface area contributed by atoms with Crippen molar-refractivity contribution in [3.05, 3.63) is 42.0 Å². The van der Waals surface area contributed by atoms with Gasteiger partial charge in [0.25, 0.3) is 0 Å². The normalized spacial score (nSPS) is 10.6. The van der Waals surface area contributed by atoms with Crippen LogP contribution in [0, 0.1) is 0 Å². The Morgan fingerprint density at radius 1 is 1.12 bits per heavy atom. The molecule has 0 atom stereocenters. The van der Waals surface area contributed by atoms with Gasteiger partial charge in [-0.25, -0.2) is 0 Å². The molecule has 0 saturated heterocycles. The lowest BCUT2D eigenvalue weighted by molar-refractivity contribution is 0.112. The largest absolute Gasteiger partial charge is 0.298 e. The summed E-state index contributed by atoms with van der Waals surface area (Å²) in [6.45, 7) is 2.20. The summed E-state index contributed by atoms with van der Waals surface area (Å²) >= 11 is 1.88. The van der Waals surface area contributed by atoms with Crippen molar-refractivity contribution in [3.8, 4) is 0 Å². The molecule has 0 amide bonds. The molecule has 0 bridgehead atoms. The third kappa shape index (κ3) is 2.70. The summed E-state index contributed by atoms with van der Waals surface area (Å²) in [5.41, 5.74) is 0.778. The average Bonchev–Trinajstić information content (AvgIpc) is 2.39. The highest BCUT2D eigenvalue weighted by molar-refractivity contribution is 7.99. The zero-order valence-corrected chi connectivity index (χ0v) is 10.8. The van der Waals surface area contributed by atoms with Crippen molar-refractivity contribution >= 4 is 28.8 Å². The molecule has 1 nitrogen and oxygen atoms in total. The third-order valence-corrected chi connectivity index (χ3v) is 3.96. The van der Waals surface area contributed by atoms with Crippen LogP contribution in [0.5, 0.6) is 0 Å². The number of carbonyl (C=O) groups excluding carboxylic acids is 1. The number of rotatable bonds is 5. The number of unbranched alkanes of at least 4 members (excludes halogenated alkanes) is 1. The molecule has 0 aliphatic heterocycles. The molecule has 0 aromatic heterocycles. The van der Waals surface area contributed by atoms with Gasteiger partial charge in [-0.05, 0) is 35.1 Å². The molecule has 88 valence electrons. The molecule has 0 heterocycles. The molecule has 0 aliphatic rings. The molecule has 0 N–H and O–H groups in total. The van der Waals surface area contributed by atoms with Crippen molar-refractivity contribution in [1.82, 2.24) is 0 Å². The first-order chi connectivity index (χ1) is 8.36. The monoisotopic (exact) mass is 244 g/mol. The van der Waals surface area contributed by atoms with Crippen molar-refractivity contribution in [3.63, 3.8) is 0 Å². The first kappa shape index (κ1) is 12.2. The molecule has 0 radical (unpaired) electrons. The maximum Gasteiger partial charge on any atom is 0.150 e. The molecule has 2 aromatic rings. The third-order valence-electron chi connectivity index (χ3n) is 2.80. The second-order valence-electron chi connectivity index (χ2n) is 4.02. The zero-order chi connectivity index (χ0) is 12.1. The molecular weight excluding hydrogens is 228 g/mol. The quantitative estimate of drug-likeness (QED) is 0.436. The highest BCUT2D eigenvalue weighted by Crippen LogP contribution is 2.30. The Morgan fingerprint density at radius 3 is 2.59 bits per heavy atom. The topological polar surface area (TPSA) is 17.1 Å². The van der Waals surface area contributed by atoms with Crippen LogP contribution in [0.1, 0.15) is 30.1 Å². The standard InChI is InChI=1S/C15H16OS/c1-2-3-10-17-15-9-8-12(11-16)13-6-4-5-7-14(13)15/h4-9,11H,2-3,10H2,1H3. The van der Waals surface area contributed by atoms with Crippen molar-refractivity contribution in [2.24, 2.45) is 0 Å². The Morgan fingerprint density at radius 2 is 1.88 bits per heavy atom. The van der Waals surface area contributed by atoms with Crippen LogP contribution >= 0.6 is 11.8 Å². The van der Waals surface area contributed by atoms with Gasteiger partial charge < -0.3 is 0 Å². The van der Waals surface area contributed by atoms with Crippen molar-refractivity contribution in [1.29, 1.82) is 0 Å². The van der Waals surface area contributed by atoms with E-state index in [0.29, 0.717) is 0 Å². The van der Waals surface area contributed by atoms with Crippen LogP contribution in [0.2, 0.25) is 0 Å². The smallest absolute Gasteiger partial charge is 0.150 e. The molecule has 0 aliphatic carbocycles. The molecule has 2 aromatic carbocycles. The van der Waals surface area contributed by atoms with Crippen molar-refractivity contribution < 1.29 is 4.79 Å². The molecule has 0 unspecified atom stereocenters. The molecule has 2 heteroatoms. The van der Waals surface area contributed by atoms with Crippen LogP contribution in [-0.4, -0.2) is 12.0 Å². The zero-order valence-electron chi connectivity index (χ0n) is 9.98. The number of carbonyl (C=O) groups is 1. The number of hydrogen-bond acceptors (Lipinski definition) is 2. The van der Waals surface area contributed by atoms with Gasteiger partial charge in [0.15, 0.2) is 6.29 Å². The summed E-state index contributed by atoms with van der Waals surface area (Å²) in [6, 6.07) is 12.1. The minimum Gasteiger partial charge on any atom is -0.298 e. The summed E-state index contributed by atoms with van der Waals surface area (Å²) in [7, 11) is 0. The van der Waals surface area contributed by atoms with Gasteiger partial charge in [-0.2, -0.15) is 0 Å². The van der Waals surface area contributed by atoms with Crippen LogP contribution in [0.4, 0.5) is 0 Å². The van der Waals surface area contributed by atoms with Gasteiger partial charge in [0, 0.05) is 10.5 Å². The van der Waals surface area contributed by atoms with E-state index in [-0.39, 0.29) is 0 Å². The van der Waals surface area contributed by atoms with Crippen LogP contribution in [0.3, 0.4) is 0 Å². The molecule has 0 saturated carbocycles. The Bertz CT molecular complexity index is 519. The minimum atomic E-state index is 0.778. The van der Waals surface area contributed by atoms with Gasteiger partial charge in [0.05, 0.1) is 0 Å². The van der Waals surface area contributed by atoms with Gasteiger partial charge in [-0.15, -0.1) is 11.8 Å². The predicted molar refractivity (Wildman–Crippen MR) is 75.0 cm³/mol. The Labute approximate surface area is 106 Å². The summed E-state index contributed by atoms with van der Waals surface area (Å²) in [5.74, 6) is 1.14. The summed E-state index contributed by atoms with van der Waals surface area (Å²) in [5, 5.41) is 2.25. The number of fused-ring (bicyclic) bond motifs is 1. The molecule has 0 fully saturated rings. The number of thioether (sulfide) groups is 1. The lowest BCUT2D eigenvalue weighted by Crippen LogP contribution is -1.86. The Hall–Kier alpha value is -1.28. The summed E-state index contributed by atoms with van der Waals surface area (Å²) in [6.07, 6.45) is 3.38. The van der Waals surface area contributed by atoms with Crippen LogP contribution in [0.15, 0.2) is 41.3 Å². The second kappa shape index (κ2) is 5.87. The van der Waals surface area contributed by atoms with E-state index in [1.54, 1.807) is 0 Å². The van der Waals surface area contributed by atoms with Gasteiger partial charge in [-0.1, -0.05) is 37.6 Å². The number of hydrogen-bond donors (Lipinski definition) is 0. The Balaban J connectivity index is 2.40. The summed E-state index contributed by atoms with van der Waals surface area (Å²) in [4.78, 5) is 12.3. The van der Waals surface area contributed by atoms with E-state index in [1.165, 1.54) is 23.1 Å². The predicted octanol–water partition coefficient (Wildman–Crippen LogP) is 4.54. The van der Waals surface area contributed by atoms with Crippen LogP contribution < -0.4 is 0 Å². The van der Waals surface area contributed by atoms with Crippen molar-refractivity contribution in [2.45, 2.75) is 24.7 Å². The average molecular weight is 244 g/mol. The minimum absolute atomic E-state index is 0.778. The van der Waals surface area contributed by atoms with E-state index >= 15 is 0 Å². The maximum atomic E-state index is 11.0. The van der Waals surface area contributed by atoms with Gasteiger partial charge in [0.1, 0.15) is 0 Å². The van der Waals surface area contributed by atoms with E-state index < -0.39 is 0 Å². The fourth-order valence-electron chi connectivity index (χ4n) is 1.85. The molecule has 2 rings (SSSR count). The molecule has 17 heavy (non-hydrogen) atoms. The van der Waals surface area contributed by atoms with Gasteiger partial charge >= 0.3 is 0 Å². The molecule has 0 spiro atoms. The van der Waals surface area contributed by atoms with Crippen LogP contribution in [-0.2, 0) is 0 Å². The number of aldehydes is 1. The van der Waals surface area contributed by atoms with Gasteiger partial charge in [0.2, 0.25) is 0 Å². The molecular formula is C15H16OS. The Kier molecular flexibility index (Phi) is 4.21. The second-order valence-corrected chi connectivity index (χ2v) is 5.16.